The molecule has 43 heavy (non-hydrogen) atoms. The second-order valence-corrected chi connectivity index (χ2v) is 11.4. The molecule has 5 rings (SSSR count). The molecular formula is C30H24F3N3O5S2. The smallest absolute Gasteiger partial charge is 0.416 e. The van der Waals surface area contributed by atoms with Gasteiger partial charge in [-0.15, -0.1) is 23.1 Å². The van der Waals surface area contributed by atoms with Gasteiger partial charge in [-0.05, 0) is 55.0 Å². The van der Waals surface area contributed by atoms with Crippen LogP contribution in [0.2, 0.25) is 0 Å². The molecule has 0 aliphatic rings. The lowest BCUT2D eigenvalue weighted by atomic mass is 10.1. The van der Waals surface area contributed by atoms with E-state index >= 15 is 0 Å². The van der Waals surface area contributed by atoms with Crippen LogP contribution in [0.1, 0.15) is 34.5 Å². The number of aryl methyl sites for hydroxylation is 2. The maximum absolute atomic E-state index is 13.1. The number of thioether (sulfide) groups is 1. The fourth-order valence-electron chi connectivity index (χ4n) is 3.88. The van der Waals surface area contributed by atoms with Gasteiger partial charge < -0.3 is 9.26 Å². The van der Waals surface area contributed by atoms with Crippen LogP contribution in [0, 0.1) is 13.8 Å². The topological polar surface area (TPSA) is 96.6 Å². The zero-order valence-electron chi connectivity index (χ0n) is 23.1. The summed E-state index contributed by atoms with van der Waals surface area (Å²) in [6, 6.07) is 17.7. The third-order valence-electron chi connectivity index (χ3n) is 6.00. The zero-order valence-corrected chi connectivity index (χ0v) is 24.7. The number of rotatable bonds is 10. The highest BCUT2D eigenvalue weighted by molar-refractivity contribution is 7.98. The van der Waals surface area contributed by atoms with Crippen LogP contribution in [-0.2, 0) is 28.2 Å². The Balaban J connectivity index is 1.36. The van der Waals surface area contributed by atoms with E-state index in [9.17, 15) is 18.0 Å². The summed E-state index contributed by atoms with van der Waals surface area (Å²) in [5, 5.41) is 4.53. The van der Waals surface area contributed by atoms with Crippen LogP contribution in [0.3, 0.4) is 0 Å². The summed E-state index contributed by atoms with van der Waals surface area (Å²) in [4.78, 5) is 31.6. The van der Waals surface area contributed by atoms with Crippen LogP contribution >= 0.6 is 23.1 Å². The van der Waals surface area contributed by atoms with Gasteiger partial charge in [0.2, 0.25) is 11.7 Å². The highest BCUT2D eigenvalue weighted by Crippen LogP contribution is 2.36. The standard InChI is InChI=1S/C30H24F3N3O5S2/c1-17-13-24(11-12-26(17)41-40-19(3)37)42-16-27-25(35-29(43-27)20-7-9-22(10-8-20)30(31,32)33)15-38-23-6-4-5-21(14-23)28-34-18(2)39-36-28/h4-14H,15-16H2,1-3H3. The van der Waals surface area contributed by atoms with E-state index in [0.717, 1.165) is 33.0 Å². The molecule has 0 N–H and O–H groups in total. The first-order chi connectivity index (χ1) is 20.5. The molecule has 0 unspecified atom stereocenters. The van der Waals surface area contributed by atoms with E-state index in [1.807, 2.05) is 31.2 Å². The first-order valence-corrected chi connectivity index (χ1v) is 14.6. The number of hydrogen-bond donors (Lipinski definition) is 0. The minimum Gasteiger partial charge on any atom is -0.487 e. The molecule has 0 spiro atoms. The minimum absolute atomic E-state index is 0.135. The van der Waals surface area contributed by atoms with E-state index in [4.69, 9.17) is 19.1 Å². The van der Waals surface area contributed by atoms with E-state index in [-0.39, 0.29) is 6.61 Å². The van der Waals surface area contributed by atoms with Gasteiger partial charge in [0.15, 0.2) is 5.75 Å². The first kappa shape index (κ1) is 30.1. The van der Waals surface area contributed by atoms with E-state index in [2.05, 4.69) is 15.0 Å². The van der Waals surface area contributed by atoms with Gasteiger partial charge in [0.25, 0.3) is 0 Å². The lowest BCUT2D eigenvalue weighted by Crippen LogP contribution is -2.04. The number of alkyl halides is 3. The van der Waals surface area contributed by atoms with Gasteiger partial charge in [-0.3, -0.25) is 9.78 Å². The molecule has 0 aliphatic heterocycles. The monoisotopic (exact) mass is 627 g/mol. The van der Waals surface area contributed by atoms with Crippen LogP contribution in [-0.4, -0.2) is 21.1 Å². The quantitative estimate of drug-likeness (QED) is 0.0862. The van der Waals surface area contributed by atoms with Crippen LogP contribution in [0.5, 0.6) is 11.5 Å². The third-order valence-corrected chi connectivity index (χ3v) is 8.35. The second kappa shape index (κ2) is 12.9. The summed E-state index contributed by atoms with van der Waals surface area (Å²) in [5.41, 5.74) is 2.03. The third kappa shape index (κ3) is 7.73. The van der Waals surface area contributed by atoms with Crippen molar-refractivity contribution in [3.8, 4) is 33.5 Å². The van der Waals surface area contributed by atoms with Gasteiger partial charge >= 0.3 is 12.1 Å². The number of nitrogens with zero attached hydrogens (tertiary/aromatic N) is 3. The molecule has 0 radical (unpaired) electrons. The van der Waals surface area contributed by atoms with Gasteiger partial charge in [-0.25, -0.2) is 9.78 Å². The van der Waals surface area contributed by atoms with Crippen LogP contribution in [0.25, 0.3) is 22.0 Å². The Morgan fingerprint density at radius 3 is 2.47 bits per heavy atom. The summed E-state index contributed by atoms with van der Waals surface area (Å²) in [7, 11) is 0. The Kier molecular flexibility index (Phi) is 9.02. The average molecular weight is 628 g/mol. The summed E-state index contributed by atoms with van der Waals surface area (Å²) >= 11 is 2.94. The van der Waals surface area contributed by atoms with Gasteiger partial charge in [-0.1, -0.05) is 29.4 Å². The number of halogens is 3. The number of thiazole rings is 1. The van der Waals surface area contributed by atoms with E-state index in [1.165, 1.54) is 30.4 Å². The highest BCUT2D eigenvalue weighted by atomic mass is 32.2. The van der Waals surface area contributed by atoms with Crippen LogP contribution < -0.4 is 9.62 Å². The maximum atomic E-state index is 13.1. The molecular weight excluding hydrogens is 603 g/mol. The molecule has 8 nitrogen and oxygen atoms in total. The van der Waals surface area contributed by atoms with Gasteiger partial charge in [0.05, 0.1) is 11.3 Å². The summed E-state index contributed by atoms with van der Waals surface area (Å²) in [6.45, 7) is 4.93. The Morgan fingerprint density at radius 2 is 1.79 bits per heavy atom. The lowest BCUT2D eigenvalue weighted by molar-refractivity contribution is -0.211. The van der Waals surface area contributed by atoms with Crippen molar-refractivity contribution < 1.29 is 37.0 Å². The molecule has 222 valence electrons. The van der Waals surface area contributed by atoms with E-state index < -0.39 is 17.7 Å². The first-order valence-electron chi connectivity index (χ1n) is 12.8. The fraction of sp³-hybridized carbons (Fsp3) is 0.200. The molecule has 0 atom stereocenters. The van der Waals surface area contributed by atoms with Crippen molar-refractivity contribution in [2.75, 3.05) is 0 Å². The SMILES string of the molecule is CC(=O)OOc1ccc(SCc2sc(-c3ccc(C(F)(F)F)cc3)nc2COc2cccc(-c3noc(C)n3)c2)cc1C. The molecule has 0 saturated heterocycles. The molecule has 13 heteroatoms. The van der Waals surface area contributed by atoms with E-state index in [1.54, 1.807) is 36.9 Å². The number of hydrogen-bond acceptors (Lipinski definition) is 10. The second-order valence-electron chi connectivity index (χ2n) is 9.29. The normalized spacial score (nSPS) is 11.4. The van der Waals surface area contributed by atoms with Crippen molar-refractivity contribution in [2.24, 2.45) is 0 Å². The maximum Gasteiger partial charge on any atom is 0.416 e. The Hall–Kier alpha value is -4.36. The Bertz CT molecular complexity index is 1740. The van der Waals surface area contributed by atoms with Crippen molar-refractivity contribution >= 4 is 29.1 Å². The molecule has 0 bridgehead atoms. The molecule has 0 aliphatic carbocycles. The summed E-state index contributed by atoms with van der Waals surface area (Å²) in [6.07, 6.45) is -4.42. The average Bonchev–Trinajstić information content (AvgIpc) is 3.60. The Labute approximate surface area is 252 Å². The van der Waals surface area contributed by atoms with Crippen molar-refractivity contribution in [1.29, 1.82) is 0 Å². The van der Waals surface area contributed by atoms with Crippen molar-refractivity contribution in [1.82, 2.24) is 15.1 Å². The molecule has 2 heterocycles. The predicted molar refractivity (Wildman–Crippen MR) is 154 cm³/mol. The van der Waals surface area contributed by atoms with Crippen molar-refractivity contribution in [3.63, 3.8) is 0 Å². The molecule has 3 aromatic carbocycles. The largest absolute Gasteiger partial charge is 0.487 e. The lowest BCUT2D eigenvalue weighted by Gasteiger charge is -2.09. The van der Waals surface area contributed by atoms with Gasteiger partial charge in [0.1, 0.15) is 17.4 Å². The Morgan fingerprint density at radius 1 is 1.00 bits per heavy atom. The summed E-state index contributed by atoms with van der Waals surface area (Å²) < 4.78 is 50.5. The minimum atomic E-state index is -4.42. The summed E-state index contributed by atoms with van der Waals surface area (Å²) in [5.74, 6) is 1.86. The van der Waals surface area contributed by atoms with Crippen molar-refractivity contribution in [3.05, 3.63) is 94.3 Å². The van der Waals surface area contributed by atoms with Crippen LogP contribution in [0.15, 0.2) is 76.1 Å². The number of carbonyl (C=O) groups excluding carboxylic acids is 1. The van der Waals surface area contributed by atoms with Crippen molar-refractivity contribution in [2.45, 2.75) is 44.2 Å². The molecule has 2 aromatic heterocycles. The number of aromatic nitrogens is 3. The molecule has 0 fully saturated rings. The van der Waals surface area contributed by atoms with Gasteiger partial charge in [0, 0.05) is 40.5 Å². The van der Waals surface area contributed by atoms with Crippen LogP contribution in [0.4, 0.5) is 13.2 Å². The molecule has 0 amide bonds. The van der Waals surface area contributed by atoms with Gasteiger partial charge in [-0.2, -0.15) is 18.2 Å². The van der Waals surface area contributed by atoms with E-state index in [0.29, 0.717) is 45.2 Å². The highest BCUT2D eigenvalue weighted by Gasteiger charge is 2.30. The zero-order chi connectivity index (χ0) is 30.6. The number of carbonyl (C=O) groups is 1. The molecule has 0 saturated carbocycles. The number of ether oxygens (including phenoxy) is 1. The number of benzene rings is 3. The predicted octanol–water partition coefficient (Wildman–Crippen LogP) is 8.22. The fourth-order valence-corrected chi connectivity index (χ4v) is 6.05. The molecule has 5 aromatic rings.